The lowest BCUT2D eigenvalue weighted by atomic mass is 10.0. The van der Waals surface area contributed by atoms with Gasteiger partial charge in [0, 0.05) is 28.9 Å². The Hall–Kier alpha value is -2.18. The Morgan fingerprint density at radius 3 is 2.74 bits per heavy atom. The minimum absolute atomic E-state index is 0.144. The SMILES string of the molecule is Cc1c(-c2cccnc2)[nH]c2cccc(CCOS(C)(=O)=O)c12. The maximum atomic E-state index is 11.1. The highest BCUT2D eigenvalue weighted by atomic mass is 32.2. The van der Waals surface area contributed by atoms with Gasteiger partial charge in [-0.25, -0.2) is 0 Å². The fraction of sp³-hybridized carbons (Fsp3) is 0.235. The van der Waals surface area contributed by atoms with E-state index in [1.54, 1.807) is 6.20 Å². The van der Waals surface area contributed by atoms with E-state index >= 15 is 0 Å². The zero-order chi connectivity index (χ0) is 16.4. The summed E-state index contributed by atoms with van der Waals surface area (Å²) in [4.78, 5) is 7.59. The molecule has 0 aliphatic rings. The van der Waals surface area contributed by atoms with Crippen LogP contribution >= 0.6 is 0 Å². The first kappa shape index (κ1) is 15.7. The van der Waals surface area contributed by atoms with E-state index in [1.807, 2.05) is 36.5 Å². The number of pyridine rings is 1. The van der Waals surface area contributed by atoms with E-state index < -0.39 is 10.1 Å². The summed E-state index contributed by atoms with van der Waals surface area (Å²) in [5.41, 5.74) is 5.28. The lowest BCUT2D eigenvalue weighted by Crippen LogP contribution is -2.06. The van der Waals surface area contributed by atoms with Crippen LogP contribution in [0.15, 0.2) is 42.7 Å². The van der Waals surface area contributed by atoms with Crippen molar-refractivity contribution in [2.45, 2.75) is 13.3 Å². The van der Waals surface area contributed by atoms with Gasteiger partial charge in [0.1, 0.15) is 0 Å². The molecule has 0 unspecified atom stereocenters. The summed E-state index contributed by atoms with van der Waals surface area (Å²) in [6.45, 7) is 2.20. The highest BCUT2D eigenvalue weighted by Crippen LogP contribution is 2.31. The molecule has 1 aromatic carbocycles. The third-order valence-electron chi connectivity index (χ3n) is 3.78. The molecule has 2 heterocycles. The van der Waals surface area contributed by atoms with Gasteiger partial charge in [-0.15, -0.1) is 0 Å². The zero-order valence-electron chi connectivity index (χ0n) is 13.0. The zero-order valence-corrected chi connectivity index (χ0v) is 13.9. The summed E-state index contributed by atoms with van der Waals surface area (Å²) in [5, 5.41) is 1.11. The molecule has 0 saturated heterocycles. The molecule has 6 heteroatoms. The fourth-order valence-electron chi connectivity index (χ4n) is 2.81. The molecule has 0 aliphatic carbocycles. The molecule has 3 aromatic rings. The average molecular weight is 330 g/mol. The number of nitrogens with zero attached hydrogens (tertiary/aromatic N) is 1. The molecule has 1 N–H and O–H groups in total. The topological polar surface area (TPSA) is 72.0 Å². The van der Waals surface area contributed by atoms with Gasteiger partial charge in [0.2, 0.25) is 0 Å². The summed E-state index contributed by atoms with van der Waals surface area (Å²) in [7, 11) is -3.41. The van der Waals surface area contributed by atoms with E-state index in [0.717, 1.165) is 39.5 Å². The van der Waals surface area contributed by atoms with Gasteiger partial charge in [0.15, 0.2) is 0 Å². The van der Waals surface area contributed by atoms with Crippen LogP contribution in [0.25, 0.3) is 22.2 Å². The summed E-state index contributed by atoms with van der Waals surface area (Å²) in [6.07, 6.45) is 5.17. The smallest absolute Gasteiger partial charge is 0.264 e. The van der Waals surface area contributed by atoms with Crippen molar-refractivity contribution in [3.8, 4) is 11.3 Å². The normalized spacial score (nSPS) is 11.9. The minimum atomic E-state index is -3.41. The van der Waals surface area contributed by atoms with Gasteiger partial charge in [-0.3, -0.25) is 9.17 Å². The van der Waals surface area contributed by atoms with E-state index in [2.05, 4.69) is 16.9 Å². The number of aromatic nitrogens is 2. The Morgan fingerprint density at radius 1 is 1.22 bits per heavy atom. The lowest BCUT2D eigenvalue weighted by molar-refractivity contribution is 0.326. The first-order valence-corrected chi connectivity index (χ1v) is 9.12. The van der Waals surface area contributed by atoms with Crippen LogP contribution in [0.2, 0.25) is 0 Å². The number of aromatic amines is 1. The molecule has 0 fully saturated rings. The number of hydrogen-bond donors (Lipinski definition) is 1. The Bertz CT molecular complexity index is 931. The predicted molar refractivity (Wildman–Crippen MR) is 90.8 cm³/mol. The van der Waals surface area contributed by atoms with Gasteiger partial charge in [0.25, 0.3) is 10.1 Å². The van der Waals surface area contributed by atoms with Crippen molar-refractivity contribution < 1.29 is 12.6 Å². The molecule has 120 valence electrons. The van der Waals surface area contributed by atoms with Crippen LogP contribution < -0.4 is 0 Å². The monoisotopic (exact) mass is 330 g/mol. The average Bonchev–Trinajstić information content (AvgIpc) is 2.85. The van der Waals surface area contributed by atoms with Crippen LogP contribution in [-0.4, -0.2) is 31.2 Å². The second-order valence-corrected chi connectivity index (χ2v) is 7.13. The molecular weight excluding hydrogens is 312 g/mol. The minimum Gasteiger partial charge on any atom is -0.354 e. The van der Waals surface area contributed by atoms with Gasteiger partial charge in [-0.05, 0) is 42.7 Å². The number of rotatable bonds is 5. The molecule has 0 atom stereocenters. The van der Waals surface area contributed by atoms with E-state index in [0.29, 0.717) is 6.42 Å². The lowest BCUT2D eigenvalue weighted by Gasteiger charge is -2.05. The third-order valence-corrected chi connectivity index (χ3v) is 4.37. The summed E-state index contributed by atoms with van der Waals surface area (Å²) >= 11 is 0. The van der Waals surface area contributed by atoms with Crippen LogP contribution in [0.4, 0.5) is 0 Å². The fourth-order valence-corrected chi connectivity index (χ4v) is 3.20. The van der Waals surface area contributed by atoms with Crippen LogP contribution in [0.1, 0.15) is 11.1 Å². The predicted octanol–water partition coefficient (Wildman–Crippen LogP) is 3.06. The largest absolute Gasteiger partial charge is 0.354 e. The Balaban J connectivity index is 1.99. The second-order valence-electron chi connectivity index (χ2n) is 5.48. The van der Waals surface area contributed by atoms with Gasteiger partial charge in [-0.2, -0.15) is 8.42 Å². The Morgan fingerprint density at radius 2 is 2.04 bits per heavy atom. The van der Waals surface area contributed by atoms with Gasteiger partial charge in [0.05, 0.1) is 18.6 Å². The summed E-state index contributed by atoms with van der Waals surface area (Å²) in [6, 6.07) is 9.89. The van der Waals surface area contributed by atoms with Crippen LogP contribution in [-0.2, 0) is 20.7 Å². The number of fused-ring (bicyclic) bond motifs is 1. The highest BCUT2D eigenvalue weighted by molar-refractivity contribution is 7.85. The van der Waals surface area contributed by atoms with Gasteiger partial charge < -0.3 is 4.98 Å². The van der Waals surface area contributed by atoms with Crippen molar-refractivity contribution >= 4 is 21.0 Å². The molecular formula is C17H18N2O3S. The first-order valence-electron chi connectivity index (χ1n) is 7.30. The highest BCUT2D eigenvalue weighted by Gasteiger charge is 2.13. The molecule has 0 saturated carbocycles. The Labute approximate surface area is 135 Å². The number of benzene rings is 1. The summed E-state index contributed by atoms with van der Waals surface area (Å²) in [5.74, 6) is 0. The molecule has 0 bridgehead atoms. The number of nitrogens with one attached hydrogen (secondary N) is 1. The molecule has 23 heavy (non-hydrogen) atoms. The maximum Gasteiger partial charge on any atom is 0.264 e. The van der Waals surface area contributed by atoms with Crippen molar-refractivity contribution in [3.05, 3.63) is 53.9 Å². The van der Waals surface area contributed by atoms with E-state index in [-0.39, 0.29) is 6.61 Å². The summed E-state index contributed by atoms with van der Waals surface area (Å²) < 4.78 is 27.1. The molecule has 3 rings (SSSR count). The molecule has 0 radical (unpaired) electrons. The van der Waals surface area contributed by atoms with Crippen molar-refractivity contribution in [2.75, 3.05) is 12.9 Å². The number of aryl methyl sites for hydroxylation is 1. The van der Waals surface area contributed by atoms with E-state index in [1.165, 1.54) is 0 Å². The van der Waals surface area contributed by atoms with Crippen LogP contribution in [0.5, 0.6) is 0 Å². The molecule has 5 nitrogen and oxygen atoms in total. The standard InChI is InChI=1S/C17H18N2O3S/c1-12-16-13(8-10-22-23(2,20)21)5-3-7-15(16)19-17(12)14-6-4-9-18-11-14/h3-7,9,11,19H,8,10H2,1-2H3. The van der Waals surface area contributed by atoms with Crippen LogP contribution in [0, 0.1) is 6.92 Å². The van der Waals surface area contributed by atoms with Crippen LogP contribution in [0.3, 0.4) is 0 Å². The number of H-pyrrole nitrogens is 1. The van der Waals surface area contributed by atoms with Crippen molar-refractivity contribution in [1.29, 1.82) is 0 Å². The Kier molecular flexibility index (Phi) is 4.19. The first-order chi connectivity index (χ1) is 11.0. The molecule has 0 spiro atoms. The number of hydrogen-bond acceptors (Lipinski definition) is 4. The third kappa shape index (κ3) is 3.43. The van der Waals surface area contributed by atoms with Gasteiger partial charge >= 0.3 is 0 Å². The van der Waals surface area contributed by atoms with Crippen molar-refractivity contribution in [2.24, 2.45) is 0 Å². The second kappa shape index (κ2) is 6.14. The maximum absolute atomic E-state index is 11.1. The van der Waals surface area contributed by atoms with E-state index in [4.69, 9.17) is 4.18 Å². The quantitative estimate of drug-likeness (QED) is 0.730. The molecule has 0 amide bonds. The van der Waals surface area contributed by atoms with E-state index in [9.17, 15) is 8.42 Å². The molecule has 0 aliphatic heterocycles. The molecule has 2 aromatic heterocycles. The van der Waals surface area contributed by atoms with Gasteiger partial charge in [-0.1, -0.05) is 12.1 Å². The van der Waals surface area contributed by atoms with Crippen molar-refractivity contribution in [1.82, 2.24) is 9.97 Å². The van der Waals surface area contributed by atoms with Crippen molar-refractivity contribution in [3.63, 3.8) is 0 Å².